The second kappa shape index (κ2) is 7.76. The maximum absolute atomic E-state index is 12.3. The number of fused-ring (bicyclic) bond motifs is 1. The molecule has 138 valence electrons. The zero-order valence-corrected chi connectivity index (χ0v) is 15.4. The Kier molecular flexibility index (Phi) is 5.03. The van der Waals surface area contributed by atoms with E-state index in [-0.39, 0.29) is 12.1 Å². The maximum atomic E-state index is 12.3. The number of hydrogen-bond acceptors (Lipinski definition) is 3. The van der Waals surface area contributed by atoms with Crippen LogP contribution in [0.5, 0.6) is 0 Å². The molecule has 3 aromatic rings. The van der Waals surface area contributed by atoms with E-state index in [1.165, 1.54) is 11.3 Å². The lowest BCUT2D eigenvalue weighted by atomic mass is 10.1. The molecule has 27 heavy (non-hydrogen) atoms. The summed E-state index contributed by atoms with van der Waals surface area (Å²) in [5.41, 5.74) is 3.21. The quantitative estimate of drug-likeness (QED) is 0.663. The van der Waals surface area contributed by atoms with E-state index < -0.39 is 0 Å². The molecule has 1 unspecified atom stereocenters. The van der Waals surface area contributed by atoms with Crippen molar-refractivity contribution in [1.82, 2.24) is 5.32 Å². The molecule has 0 saturated carbocycles. The van der Waals surface area contributed by atoms with E-state index in [4.69, 9.17) is 16.0 Å². The third kappa shape index (κ3) is 3.93. The molecule has 1 aliphatic heterocycles. The van der Waals surface area contributed by atoms with Crippen LogP contribution in [0.25, 0.3) is 0 Å². The molecule has 2 amide bonds. The summed E-state index contributed by atoms with van der Waals surface area (Å²) < 4.78 is 5.66. The Hall–Kier alpha value is -2.92. The molecule has 6 heteroatoms. The number of halogens is 1. The third-order valence-corrected chi connectivity index (χ3v) is 4.98. The monoisotopic (exact) mass is 381 g/mol. The van der Waals surface area contributed by atoms with Gasteiger partial charge < -0.3 is 20.0 Å². The Morgan fingerprint density at radius 1 is 1.11 bits per heavy atom. The topological polar surface area (TPSA) is 57.5 Å². The van der Waals surface area contributed by atoms with Crippen LogP contribution in [0, 0.1) is 0 Å². The van der Waals surface area contributed by atoms with Crippen molar-refractivity contribution in [2.45, 2.75) is 12.5 Å². The highest BCUT2D eigenvalue weighted by molar-refractivity contribution is 6.30. The van der Waals surface area contributed by atoms with Crippen LogP contribution in [-0.2, 0) is 6.42 Å². The van der Waals surface area contributed by atoms with Crippen LogP contribution >= 0.6 is 11.6 Å². The molecular weight excluding hydrogens is 362 g/mol. The molecule has 1 aromatic heterocycles. The standard InChI is InChI=1S/C21H20ClN3O2/c22-16-7-9-17(10-8-16)24-21(26)23-14-19(20-6-3-13-27-20)25-12-11-15-4-1-2-5-18(15)25/h1-10,13,19H,11-12,14H2,(H2,23,24,26). The van der Waals surface area contributed by atoms with E-state index >= 15 is 0 Å². The smallest absolute Gasteiger partial charge is 0.319 e. The molecule has 0 bridgehead atoms. The first kappa shape index (κ1) is 17.5. The zero-order valence-electron chi connectivity index (χ0n) is 14.7. The number of para-hydroxylation sites is 1. The van der Waals surface area contributed by atoms with Gasteiger partial charge in [-0.1, -0.05) is 29.8 Å². The van der Waals surface area contributed by atoms with Crippen molar-refractivity contribution in [2.24, 2.45) is 0 Å². The number of rotatable bonds is 5. The molecule has 4 rings (SSSR count). The van der Waals surface area contributed by atoms with E-state index in [1.54, 1.807) is 30.5 Å². The number of furan rings is 1. The predicted octanol–water partition coefficient (Wildman–Crippen LogP) is 4.86. The fraction of sp³-hybridized carbons (Fsp3) is 0.190. The number of hydrogen-bond donors (Lipinski definition) is 2. The van der Waals surface area contributed by atoms with Crippen molar-refractivity contribution < 1.29 is 9.21 Å². The van der Waals surface area contributed by atoms with E-state index in [0.717, 1.165) is 18.7 Å². The molecule has 1 aliphatic rings. The van der Waals surface area contributed by atoms with Gasteiger partial charge in [0.25, 0.3) is 0 Å². The second-order valence-electron chi connectivity index (χ2n) is 6.45. The van der Waals surface area contributed by atoms with Gasteiger partial charge in [-0.3, -0.25) is 0 Å². The lowest BCUT2D eigenvalue weighted by molar-refractivity contribution is 0.251. The molecule has 2 aromatic carbocycles. The maximum Gasteiger partial charge on any atom is 0.319 e. The molecular formula is C21H20ClN3O2. The minimum atomic E-state index is -0.263. The van der Waals surface area contributed by atoms with Gasteiger partial charge in [-0.2, -0.15) is 0 Å². The fourth-order valence-electron chi connectivity index (χ4n) is 3.43. The van der Waals surface area contributed by atoms with E-state index in [0.29, 0.717) is 17.3 Å². The highest BCUT2D eigenvalue weighted by atomic mass is 35.5. The summed E-state index contributed by atoms with van der Waals surface area (Å²) >= 11 is 5.88. The molecule has 0 saturated heterocycles. The van der Waals surface area contributed by atoms with Crippen LogP contribution in [0.1, 0.15) is 17.4 Å². The van der Waals surface area contributed by atoms with Crippen molar-refractivity contribution in [2.75, 3.05) is 23.3 Å². The van der Waals surface area contributed by atoms with Crippen LogP contribution in [-0.4, -0.2) is 19.1 Å². The third-order valence-electron chi connectivity index (χ3n) is 4.73. The Morgan fingerprint density at radius 2 is 1.93 bits per heavy atom. The molecule has 0 aliphatic carbocycles. The fourth-order valence-corrected chi connectivity index (χ4v) is 3.56. The number of carbonyl (C=O) groups is 1. The highest BCUT2D eigenvalue weighted by Crippen LogP contribution is 2.34. The zero-order chi connectivity index (χ0) is 18.6. The number of anilines is 2. The molecule has 0 fully saturated rings. The first-order valence-corrected chi connectivity index (χ1v) is 9.27. The van der Waals surface area contributed by atoms with Crippen molar-refractivity contribution in [3.63, 3.8) is 0 Å². The van der Waals surface area contributed by atoms with Crippen LogP contribution in [0.2, 0.25) is 5.02 Å². The normalized spacial score (nSPS) is 13.9. The van der Waals surface area contributed by atoms with E-state index in [2.05, 4.69) is 33.7 Å². The lowest BCUT2D eigenvalue weighted by Gasteiger charge is -2.29. The Morgan fingerprint density at radius 3 is 2.70 bits per heavy atom. The van der Waals surface area contributed by atoms with Crippen molar-refractivity contribution in [1.29, 1.82) is 0 Å². The Labute approximate surface area is 162 Å². The number of nitrogens with one attached hydrogen (secondary N) is 2. The van der Waals surface area contributed by atoms with Crippen molar-refractivity contribution >= 4 is 29.0 Å². The number of benzene rings is 2. The average Bonchev–Trinajstić information content (AvgIpc) is 3.35. The van der Waals surface area contributed by atoms with Gasteiger partial charge in [-0.05, 0) is 54.4 Å². The van der Waals surface area contributed by atoms with Gasteiger partial charge in [-0.15, -0.1) is 0 Å². The van der Waals surface area contributed by atoms with Crippen molar-refractivity contribution in [3.8, 4) is 0 Å². The summed E-state index contributed by atoms with van der Waals surface area (Å²) in [4.78, 5) is 14.6. The number of nitrogens with zero attached hydrogens (tertiary/aromatic N) is 1. The van der Waals surface area contributed by atoms with Gasteiger partial charge in [0.05, 0.1) is 6.26 Å². The van der Waals surface area contributed by atoms with Gasteiger partial charge >= 0.3 is 6.03 Å². The van der Waals surface area contributed by atoms with Crippen LogP contribution in [0.3, 0.4) is 0 Å². The minimum Gasteiger partial charge on any atom is -0.467 e. The van der Waals surface area contributed by atoms with Crippen LogP contribution in [0.4, 0.5) is 16.2 Å². The molecule has 5 nitrogen and oxygen atoms in total. The van der Waals surface area contributed by atoms with Crippen LogP contribution in [0.15, 0.2) is 71.3 Å². The van der Waals surface area contributed by atoms with Gasteiger partial charge in [0, 0.05) is 29.5 Å². The summed E-state index contributed by atoms with van der Waals surface area (Å²) in [5.74, 6) is 0.832. The van der Waals surface area contributed by atoms with Gasteiger partial charge in [-0.25, -0.2) is 4.79 Å². The molecule has 2 N–H and O–H groups in total. The summed E-state index contributed by atoms with van der Waals surface area (Å²) in [6.45, 7) is 1.33. The Bertz CT molecular complexity index is 909. The SMILES string of the molecule is O=C(NCC(c1ccco1)N1CCc2ccccc21)Nc1ccc(Cl)cc1. The van der Waals surface area contributed by atoms with Crippen molar-refractivity contribution in [3.05, 3.63) is 83.3 Å². The first-order valence-electron chi connectivity index (χ1n) is 8.89. The highest BCUT2D eigenvalue weighted by Gasteiger charge is 2.29. The summed E-state index contributed by atoms with van der Waals surface area (Å²) in [6.07, 6.45) is 2.66. The summed E-state index contributed by atoms with van der Waals surface area (Å²) in [7, 11) is 0. The molecule has 2 heterocycles. The number of carbonyl (C=O) groups excluding carboxylic acids is 1. The lowest BCUT2D eigenvalue weighted by Crippen LogP contribution is -2.39. The largest absolute Gasteiger partial charge is 0.467 e. The summed E-state index contributed by atoms with van der Waals surface area (Å²) in [5, 5.41) is 6.41. The summed E-state index contributed by atoms with van der Waals surface area (Å²) in [6, 6.07) is 18.9. The van der Waals surface area contributed by atoms with Gasteiger partial charge in [0.2, 0.25) is 0 Å². The molecule has 1 atom stereocenters. The second-order valence-corrected chi connectivity index (χ2v) is 6.88. The van der Waals surface area contributed by atoms with E-state index in [1.807, 2.05) is 18.2 Å². The van der Waals surface area contributed by atoms with Gasteiger partial charge in [0.15, 0.2) is 0 Å². The molecule has 0 spiro atoms. The average molecular weight is 382 g/mol. The van der Waals surface area contributed by atoms with Crippen LogP contribution < -0.4 is 15.5 Å². The van der Waals surface area contributed by atoms with Gasteiger partial charge in [0.1, 0.15) is 11.8 Å². The van der Waals surface area contributed by atoms with E-state index in [9.17, 15) is 4.79 Å². The number of urea groups is 1. The molecule has 0 radical (unpaired) electrons. The predicted molar refractivity (Wildman–Crippen MR) is 107 cm³/mol. The number of amides is 2. The first-order chi connectivity index (χ1) is 13.2. The Balaban J connectivity index is 1.46. The minimum absolute atomic E-state index is 0.0698.